The van der Waals surface area contributed by atoms with Crippen LogP contribution in [0.25, 0.3) is 0 Å². The van der Waals surface area contributed by atoms with Gasteiger partial charge in [0.2, 0.25) is 5.91 Å². The number of hydrogen-bond donors (Lipinski definition) is 2. The first kappa shape index (κ1) is 14.9. The lowest BCUT2D eigenvalue weighted by atomic mass is 9.91. The van der Waals surface area contributed by atoms with Gasteiger partial charge in [0.1, 0.15) is 5.82 Å². The van der Waals surface area contributed by atoms with Gasteiger partial charge < -0.3 is 10.4 Å². The molecule has 1 amide bonds. The second-order valence-electron chi connectivity index (χ2n) is 5.15. The molecule has 0 heterocycles. The van der Waals surface area contributed by atoms with Gasteiger partial charge in [0.25, 0.3) is 0 Å². The Balaban J connectivity index is 1.78. The predicted octanol–water partition coefficient (Wildman–Crippen LogP) is 2.00. The normalized spacial score (nSPS) is 15.2. The number of anilines is 1. The summed E-state index contributed by atoms with van der Waals surface area (Å²) in [5.74, 6) is -0.489. The first-order chi connectivity index (χ1) is 9.69. The maximum atomic E-state index is 13.0. The number of carbonyl (C=O) groups excluding carboxylic acids is 1. The molecule has 4 nitrogen and oxygen atoms in total. The fraction of sp³-hybridized carbons (Fsp3) is 0.533. The fourth-order valence-electron chi connectivity index (χ4n) is 2.39. The second kappa shape index (κ2) is 7.36. The second-order valence-corrected chi connectivity index (χ2v) is 5.15. The van der Waals surface area contributed by atoms with E-state index < -0.39 is 0 Å². The van der Waals surface area contributed by atoms with Crippen molar-refractivity contribution >= 4 is 11.6 Å². The van der Waals surface area contributed by atoms with Gasteiger partial charge in [0.15, 0.2) is 0 Å². The highest BCUT2D eigenvalue weighted by Gasteiger charge is 2.24. The highest BCUT2D eigenvalue weighted by Crippen LogP contribution is 2.24. The summed E-state index contributed by atoms with van der Waals surface area (Å²) in [6, 6.07) is 6.38. The average molecular weight is 280 g/mol. The summed E-state index contributed by atoms with van der Waals surface area (Å²) in [6.45, 7) is 1.35. The smallest absolute Gasteiger partial charge is 0.225 e. The van der Waals surface area contributed by atoms with Crippen molar-refractivity contribution in [3.63, 3.8) is 0 Å². The third-order valence-electron chi connectivity index (χ3n) is 3.71. The van der Waals surface area contributed by atoms with Crippen LogP contribution in [0.15, 0.2) is 24.3 Å². The highest BCUT2D eigenvalue weighted by molar-refractivity contribution is 5.90. The quantitative estimate of drug-likeness (QED) is 0.803. The molecular weight excluding hydrogens is 259 g/mol. The molecule has 0 radical (unpaired) electrons. The summed E-state index contributed by atoms with van der Waals surface area (Å²) in [5.41, 5.74) is 0.479. The molecule has 5 heteroatoms. The van der Waals surface area contributed by atoms with Crippen LogP contribution in [0.3, 0.4) is 0 Å². The van der Waals surface area contributed by atoms with E-state index in [2.05, 4.69) is 10.2 Å². The van der Waals surface area contributed by atoms with E-state index in [4.69, 9.17) is 5.11 Å². The van der Waals surface area contributed by atoms with Crippen LogP contribution in [0, 0.1) is 5.82 Å². The minimum atomic E-state index is -0.362. The molecule has 0 saturated heterocycles. The number of hydrogen-bond acceptors (Lipinski definition) is 3. The number of halogens is 1. The number of nitrogens with one attached hydrogen (secondary N) is 1. The van der Waals surface area contributed by atoms with Gasteiger partial charge in [-0.2, -0.15) is 0 Å². The number of aliphatic hydroxyl groups excluding tert-OH is 1. The Labute approximate surface area is 118 Å². The first-order valence-electron chi connectivity index (χ1n) is 7.09. The third-order valence-corrected chi connectivity index (χ3v) is 3.71. The van der Waals surface area contributed by atoms with E-state index in [1.807, 2.05) is 0 Å². The van der Waals surface area contributed by atoms with Crippen molar-refractivity contribution in [2.75, 3.05) is 25.0 Å². The monoisotopic (exact) mass is 280 g/mol. The van der Waals surface area contributed by atoms with Crippen molar-refractivity contribution in [1.82, 2.24) is 4.90 Å². The lowest BCUT2D eigenvalue weighted by Crippen LogP contribution is -2.43. The molecule has 0 bridgehead atoms. The van der Waals surface area contributed by atoms with Gasteiger partial charge in [-0.1, -0.05) is 12.5 Å². The van der Waals surface area contributed by atoms with Gasteiger partial charge in [0, 0.05) is 31.2 Å². The molecule has 0 aromatic heterocycles. The Bertz CT molecular complexity index is 449. The Hall–Kier alpha value is -1.46. The summed E-state index contributed by atoms with van der Waals surface area (Å²) >= 11 is 0. The van der Waals surface area contributed by atoms with Crippen LogP contribution in [-0.2, 0) is 4.79 Å². The molecule has 0 aliphatic heterocycles. The zero-order valence-corrected chi connectivity index (χ0v) is 11.5. The van der Waals surface area contributed by atoms with Crippen LogP contribution in [-0.4, -0.2) is 41.7 Å². The number of rotatable bonds is 7. The summed E-state index contributed by atoms with van der Waals surface area (Å²) < 4.78 is 13.0. The maximum absolute atomic E-state index is 13.0. The standard InChI is InChI=1S/C15H21FN2O2/c16-12-3-1-4-13(11-12)17-15(20)7-8-18(9-10-19)14-5-2-6-14/h1,3-4,11,14,19H,2,5-10H2,(H,17,20). The Morgan fingerprint density at radius 3 is 2.80 bits per heavy atom. The van der Waals surface area contributed by atoms with Crippen molar-refractivity contribution in [3.8, 4) is 0 Å². The molecule has 0 unspecified atom stereocenters. The topological polar surface area (TPSA) is 52.6 Å². The third kappa shape index (κ3) is 4.28. The van der Waals surface area contributed by atoms with Crippen LogP contribution >= 0.6 is 0 Å². The summed E-state index contributed by atoms with van der Waals surface area (Å²) in [6.07, 6.45) is 3.87. The minimum absolute atomic E-state index is 0.113. The van der Waals surface area contributed by atoms with E-state index in [9.17, 15) is 9.18 Å². The van der Waals surface area contributed by atoms with Crippen molar-refractivity contribution in [3.05, 3.63) is 30.1 Å². The Morgan fingerprint density at radius 2 is 2.20 bits per heavy atom. The van der Waals surface area contributed by atoms with E-state index in [0.717, 1.165) is 12.8 Å². The zero-order chi connectivity index (χ0) is 14.4. The van der Waals surface area contributed by atoms with Gasteiger partial charge in [-0.25, -0.2) is 4.39 Å². The van der Waals surface area contributed by atoms with E-state index >= 15 is 0 Å². The van der Waals surface area contributed by atoms with Crippen LogP contribution in [0.5, 0.6) is 0 Å². The molecule has 1 aliphatic carbocycles. The lowest BCUT2D eigenvalue weighted by molar-refractivity contribution is -0.116. The number of nitrogens with zero attached hydrogens (tertiary/aromatic N) is 1. The van der Waals surface area contributed by atoms with Crippen LogP contribution in [0.2, 0.25) is 0 Å². The molecule has 110 valence electrons. The number of amides is 1. The van der Waals surface area contributed by atoms with Crippen molar-refractivity contribution < 1.29 is 14.3 Å². The van der Waals surface area contributed by atoms with Crippen molar-refractivity contribution in [2.24, 2.45) is 0 Å². The predicted molar refractivity (Wildman–Crippen MR) is 75.9 cm³/mol. The summed E-state index contributed by atoms with van der Waals surface area (Å²) in [4.78, 5) is 14.0. The van der Waals surface area contributed by atoms with Crippen molar-refractivity contribution in [2.45, 2.75) is 31.7 Å². The van der Waals surface area contributed by atoms with E-state index in [1.54, 1.807) is 12.1 Å². The van der Waals surface area contributed by atoms with E-state index in [-0.39, 0.29) is 18.3 Å². The van der Waals surface area contributed by atoms with Crippen LogP contribution < -0.4 is 5.32 Å². The van der Waals surface area contributed by atoms with Crippen molar-refractivity contribution in [1.29, 1.82) is 0 Å². The molecular formula is C15H21FN2O2. The Morgan fingerprint density at radius 1 is 1.40 bits per heavy atom. The molecule has 1 aromatic rings. The first-order valence-corrected chi connectivity index (χ1v) is 7.09. The molecule has 1 aliphatic rings. The molecule has 1 aromatic carbocycles. The zero-order valence-electron chi connectivity index (χ0n) is 11.5. The minimum Gasteiger partial charge on any atom is -0.395 e. The van der Waals surface area contributed by atoms with Gasteiger partial charge in [-0.3, -0.25) is 9.69 Å². The largest absolute Gasteiger partial charge is 0.395 e. The van der Waals surface area contributed by atoms with Gasteiger partial charge in [0.05, 0.1) is 6.61 Å². The maximum Gasteiger partial charge on any atom is 0.225 e. The summed E-state index contributed by atoms with van der Waals surface area (Å²) in [7, 11) is 0. The summed E-state index contributed by atoms with van der Waals surface area (Å²) in [5, 5.41) is 11.7. The van der Waals surface area contributed by atoms with Gasteiger partial charge in [-0.05, 0) is 31.0 Å². The molecule has 1 fully saturated rings. The molecule has 20 heavy (non-hydrogen) atoms. The highest BCUT2D eigenvalue weighted by atomic mass is 19.1. The molecule has 2 N–H and O–H groups in total. The van der Waals surface area contributed by atoms with Crippen LogP contribution in [0.1, 0.15) is 25.7 Å². The number of benzene rings is 1. The van der Waals surface area contributed by atoms with E-state index in [1.165, 1.54) is 18.6 Å². The van der Waals surface area contributed by atoms with Gasteiger partial charge >= 0.3 is 0 Å². The molecule has 2 rings (SSSR count). The average Bonchev–Trinajstić information content (AvgIpc) is 2.34. The lowest BCUT2D eigenvalue weighted by Gasteiger charge is -2.37. The van der Waals surface area contributed by atoms with Crippen LogP contribution in [0.4, 0.5) is 10.1 Å². The fourth-order valence-corrected chi connectivity index (χ4v) is 2.39. The molecule has 0 spiro atoms. The number of carbonyl (C=O) groups is 1. The number of aliphatic hydroxyl groups is 1. The SMILES string of the molecule is O=C(CCN(CCO)C1CCC1)Nc1cccc(F)c1. The van der Waals surface area contributed by atoms with E-state index in [0.29, 0.717) is 31.2 Å². The Kier molecular flexibility index (Phi) is 5.49. The van der Waals surface area contributed by atoms with Gasteiger partial charge in [-0.15, -0.1) is 0 Å². The molecule has 1 saturated carbocycles. The molecule has 0 atom stereocenters.